The van der Waals surface area contributed by atoms with Crippen LogP contribution in [0.1, 0.15) is 11.3 Å². The van der Waals surface area contributed by atoms with E-state index in [0.717, 1.165) is 6.41 Å². The Morgan fingerprint density at radius 1 is 1.22 bits per heavy atom. The highest BCUT2D eigenvalue weighted by Crippen LogP contribution is 2.32. The van der Waals surface area contributed by atoms with Crippen molar-refractivity contribution in [1.29, 1.82) is 0 Å². The van der Waals surface area contributed by atoms with Gasteiger partial charge in [0.2, 0.25) is 6.41 Å². The Morgan fingerprint density at radius 2 is 2.03 bits per heavy atom. The summed E-state index contributed by atoms with van der Waals surface area (Å²) in [6.07, 6.45) is -0.0422. The van der Waals surface area contributed by atoms with Crippen LogP contribution in [0.4, 0.5) is 18.9 Å². The van der Waals surface area contributed by atoms with E-state index in [0.29, 0.717) is 62.4 Å². The van der Waals surface area contributed by atoms with Crippen molar-refractivity contribution < 1.29 is 27.5 Å². The molecule has 2 aromatic heterocycles. The minimum absolute atomic E-state index is 0.0121. The van der Waals surface area contributed by atoms with Crippen LogP contribution in [-0.4, -0.2) is 81.6 Å². The predicted octanol–water partition coefficient (Wildman–Crippen LogP) is 1.96. The lowest BCUT2D eigenvalue weighted by atomic mass is 10.1. The summed E-state index contributed by atoms with van der Waals surface area (Å²) in [6.45, 7) is 3.59. The van der Waals surface area contributed by atoms with Crippen LogP contribution in [-0.2, 0) is 15.8 Å². The van der Waals surface area contributed by atoms with Gasteiger partial charge in [-0.3, -0.25) is 19.6 Å². The number of anilines is 1. The molecule has 0 radical (unpaired) electrons. The molecule has 10 nitrogen and oxygen atoms in total. The van der Waals surface area contributed by atoms with E-state index in [1.54, 1.807) is 17.0 Å². The SMILES string of the molecule is O=CN1CCN(CCOc2ccc(-c3ncc(C(F)(F)F)[nH]3)cc2NC(=O)C#Cc2cn[nH]c2)CC1. The highest BCUT2D eigenvalue weighted by molar-refractivity contribution is 6.05. The van der Waals surface area contributed by atoms with Crippen molar-refractivity contribution >= 4 is 18.0 Å². The first kappa shape index (κ1) is 24.8. The standard InChI is InChI=1S/C23H22F3N7O3/c24-23(25,26)20-14-27-22(31-20)17-2-3-19(36-10-9-32-5-7-33(15-34)8-6-32)18(11-17)30-21(35)4-1-16-12-28-29-13-16/h2-3,11-15H,5-10H2,(H,27,31)(H,28,29)(H,30,35). The van der Waals surface area contributed by atoms with Crippen LogP contribution in [0.15, 0.2) is 36.8 Å². The molecule has 0 bridgehead atoms. The van der Waals surface area contributed by atoms with Crippen LogP contribution in [0, 0.1) is 11.8 Å². The quantitative estimate of drug-likeness (QED) is 0.337. The number of benzene rings is 1. The summed E-state index contributed by atoms with van der Waals surface area (Å²) in [7, 11) is 0. The number of piperazine rings is 1. The number of alkyl halides is 3. The molecule has 188 valence electrons. The Hall–Kier alpha value is -4.31. The fourth-order valence-corrected chi connectivity index (χ4v) is 3.49. The maximum Gasteiger partial charge on any atom is 0.432 e. The Bertz CT molecular complexity index is 1250. The molecule has 4 rings (SSSR count). The smallest absolute Gasteiger partial charge is 0.432 e. The van der Waals surface area contributed by atoms with E-state index >= 15 is 0 Å². The zero-order valence-electron chi connectivity index (χ0n) is 18.9. The first-order chi connectivity index (χ1) is 17.3. The molecule has 1 aromatic carbocycles. The second kappa shape index (κ2) is 11.0. The van der Waals surface area contributed by atoms with E-state index < -0.39 is 17.8 Å². The van der Waals surface area contributed by atoms with Gasteiger partial charge in [-0.2, -0.15) is 18.3 Å². The average molecular weight is 501 g/mol. The number of ether oxygens (including phenoxy) is 1. The lowest BCUT2D eigenvalue weighted by Crippen LogP contribution is -2.46. The molecule has 1 aliphatic heterocycles. The highest BCUT2D eigenvalue weighted by atomic mass is 19.4. The zero-order valence-corrected chi connectivity index (χ0v) is 18.9. The molecule has 0 unspecified atom stereocenters. The largest absolute Gasteiger partial charge is 0.490 e. The monoisotopic (exact) mass is 501 g/mol. The molecule has 0 saturated carbocycles. The molecule has 36 heavy (non-hydrogen) atoms. The average Bonchev–Trinajstić information content (AvgIpc) is 3.56. The van der Waals surface area contributed by atoms with Gasteiger partial charge in [0, 0.05) is 50.4 Å². The third kappa shape index (κ3) is 6.42. The molecular formula is C23H22F3N7O3. The molecule has 1 saturated heterocycles. The van der Waals surface area contributed by atoms with Gasteiger partial charge in [-0.25, -0.2) is 4.98 Å². The molecule has 2 amide bonds. The number of nitrogens with zero attached hydrogens (tertiary/aromatic N) is 4. The van der Waals surface area contributed by atoms with Crippen molar-refractivity contribution in [2.24, 2.45) is 0 Å². The number of carbonyl (C=O) groups is 2. The van der Waals surface area contributed by atoms with Crippen molar-refractivity contribution in [1.82, 2.24) is 30.0 Å². The summed E-state index contributed by atoms with van der Waals surface area (Å²) in [4.78, 5) is 33.2. The number of aromatic amines is 2. The molecule has 1 fully saturated rings. The van der Waals surface area contributed by atoms with Crippen molar-refractivity contribution in [3.8, 4) is 29.0 Å². The molecule has 1 aliphatic rings. The summed E-state index contributed by atoms with van der Waals surface area (Å²) in [6, 6.07) is 4.56. The maximum absolute atomic E-state index is 13.0. The second-order valence-corrected chi connectivity index (χ2v) is 7.88. The molecule has 3 N–H and O–H groups in total. The van der Waals surface area contributed by atoms with Gasteiger partial charge in [0.05, 0.1) is 23.6 Å². The van der Waals surface area contributed by atoms with Gasteiger partial charge in [0.15, 0.2) is 0 Å². The van der Waals surface area contributed by atoms with E-state index in [4.69, 9.17) is 4.74 Å². The number of hydrogen-bond donors (Lipinski definition) is 3. The van der Waals surface area contributed by atoms with Gasteiger partial charge in [0.25, 0.3) is 0 Å². The van der Waals surface area contributed by atoms with Gasteiger partial charge in [-0.15, -0.1) is 0 Å². The lowest BCUT2D eigenvalue weighted by molar-refractivity contribution is -0.140. The van der Waals surface area contributed by atoms with E-state index in [2.05, 4.69) is 42.2 Å². The van der Waals surface area contributed by atoms with Crippen LogP contribution >= 0.6 is 0 Å². The molecule has 0 spiro atoms. The van der Waals surface area contributed by atoms with Gasteiger partial charge in [-0.05, 0) is 18.2 Å². The molecule has 13 heteroatoms. The molecule has 0 atom stereocenters. The summed E-state index contributed by atoms with van der Waals surface area (Å²) in [5.41, 5.74) is 0.0834. The second-order valence-electron chi connectivity index (χ2n) is 7.88. The van der Waals surface area contributed by atoms with E-state index in [1.807, 2.05) is 0 Å². The van der Waals surface area contributed by atoms with Crippen molar-refractivity contribution in [2.45, 2.75) is 6.18 Å². The van der Waals surface area contributed by atoms with E-state index in [-0.39, 0.29) is 11.5 Å². The molecule has 3 aromatic rings. The summed E-state index contributed by atoms with van der Waals surface area (Å²) in [5, 5.41) is 8.97. The summed E-state index contributed by atoms with van der Waals surface area (Å²) < 4.78 is 44.8. The van der Waals surface area contributed by atoms with Gasteiger partial charge >= 0.3 is 12.1 Å². The number of hydrogen-bond acceptors (Lipinski definition) is 6. The van der Waals surface area contributed by atoms with Gasteiger partial charge in [0.1, 0.15) is 23.9 Å². The molecule has 3 heterocycles. The fourth-order valence-electron chi connectivity index (χ4n) is 3.49. The Kier molecular flexibility index (Phi) is 7.55. The van der Waals surface area contributed by atoms with Crippen LogP contribution in [0.5, 0.6) is 5.75 Å². The summed E-state index contributed by atoms with van der Waals surface area (Å²) >= 11 is 0. The number of halogens is 3. The Morgan fingerprint density at radius 3 is 2.69 bits per heavy atom. The third-order valence-corrected chi connectivity index (χ3v) is 5.42. The number of amides is 2. The summed E-state index contributed by atoms with van der Waals surface area (Å²) in [5.74, 6) is 4.75. The minimum Gasteiger partial charge on any atom is -0.490 e. The first-order valence-electron chi connectivity index (χ1n) is 10.9. The molecule has 0 aliphatic carbocycles. The normalized spacial score (nSPS) is 14.1. The minimum atomic E-state index is -4.56. The lowest BCUT2D eigenvalue weighted by Gasteiger charge is -2.32. The topological polar surface area (TPSA) is 119 Å². The number of rotatable bonds is 7. The number of aromatic nitrogens is 4. The van der Waals surface area contributed by atoms with E-state index in [9.17, 15) is 22.8 Å². The van der Waals surface area contributed by atoms with Gasteiger partial charge < -0.3 is 19.9 Å². The third-order valence-electron chi connectivity index (χ3n) is 5.42. The zero-order chi connectivity index (χ0) is 25.5. The predicted molar refractivity (Wildman–Crippen MR) is 123 cm³/mol. The number of nitrogens with one attached hydrogen (secondary N) is 3. The number of imidazole rings is 1. The van der Waals surface area contributed by atoms with Crippen molar-refractivity contribution in [2.75, 3.05) is 44.6 Å². The van der Waals surface area contributed by atoms with Crippen LogP contribution in [0.25, 0.3) is 11.4 Å². The van der Waals surface area contributed by atoms with Crippen LogP contribution in [0.3, 0.4) is 0 Å². The molecular weight excluding hydrogens is 479 g/mol. The Balaban J connectivity index is 1.49. The van der Waals surface area contributed by atoms with Crippen molar-refractivity contribution in [3.63, 3.8) is 0 Å². The number of H-pyrrole nitrogens is 2. The van der Waals surface area contributed by atoms with Crippen molar-refractivity contribution in [3.05, 3.63) is 48.0 Å². The first-order valence-corrected chi connectivity index (χ1v) is 10.9. The van der Waals surface area contributed by atoms with E-state index in [1.165, 1.54) is 18.5 Å². The maximum atomic E-state index is 13.0. The highest BCUT2D eigenvalue weighted by Gasteiger charge is 2.33. The van der Waals surface area contributed by atoms with Crippen LogP contribution in [0.2, 0.25) is 0 Å². The fraction of sp³-hybridized carbons (Fsp3) is 0.304. The van der Waals surface area contributed by atoms with Crippen LogP contribution < -0.4 is 10.1 Å². The Labute approximate surface area is 203 Å². The van der Waals surface area contributed by atoms with Gasteiger partial charge in [-0.1, -0.05) is 5.92 Å². The number of carbonyl (C=O) groups excluding carboxylic acids is 2.